The SMILES string of the molecule is C/C=N\N1C(C(=O)OC)=C(OCc2ccccc2)c2ccc(Oc3cccc(OC)c3)cc2/C1=C\C. The summed E-state index contributed by atoms with van der Waals surface area (Å²) in [7, 11) is 2.95. The number of hydrogen-bond acceptors (Lipinski definition) is 7. The summed E-state index contributed by atoms with van der Waals surface area (Å²) in [5, 5.41) is 6.02. The van der Waals surface area contributed by atoms with Crippen molar-refractivity contribution >= 4 is 23.6 Å². The van der Waals surface area contributed by atoms with E-state index in [0.29, 0.717) is 28.7 Å². The number of esters is 1. The minimum Gasteiger partial charge on any atom is -0.497 e. The number of carbonyl (C=O) groups excluding carboxylic acids is 1. The lowest BCUT2D eigenvalue weighted by Crippen LogP contribution is -2.29. The lowest BCUT2D eigenvalue weighted by molar-refractivity contribution is -0.137. The second kappa shape index (κ2) is 11.3. The monoisotopic (exact) mass is 484 g/mol. The minimum atomic E-state index is -0.551. The largest absolute Gasteiger partial charge is 0.497 e. The predicted octanol–water partition coefficient (Wildman–Crippen LogP) is 6.23. The van der Waals surface area contributed by atoms with Gasteiger partial charge in [0.15, 0.2) is 11.5 Å². The molecule has 7 heteroatoms. The van der Waals surface area contributed by atoms with Crippen LogP contribution in [0.3, 0.4) is 0 Å². The highest BCUT2D eigenvalue weighted by atomic mass is 16.5. The lowest BCUT2D eigenvalue weighted by atomic mass is 9.96. The molecule has 0 radical (unpaired) electrons. The van der Waals surface area contributed by atoms with Crippen LogP contribution in [0.1, 0.15) is 30.5 Å². The zero-order chi connectivity index (χ0) is 25.5. The predicted molar refractivity (Wildman–Crippen MR) is 139 cm³/mol. The first-order valence-electron chi connectivity index (χ1n) is 11.5. The molecule has 3 aromatic rings. The number of hydrogen-bond donors (Lipinski definition) is 0. The molecule has 0 saturated heterocycles. The van der Waals surface area contributed by atoms with Gasteiger partial charge in [0, 0.05) is 23.4 Å². The highest BCUT2D eigenvalue weighted by Gasteiger charge is 2.35. The summed E-state index contributed by atoms with van der Waals surface area (Å²) in [6.07, 6.45) is 3.50. The topological polar surface area (TPSA) is 69.6 Å². The van der Waals surface area contributed by atoms with Gasteiger partial charge >= 0.3 is 5.97 Å². The summed E-state index contributed by atoms with van der Waals surface area (Å²) >= 11 is 0. The zero-order valence-corrected chi connectivity index (χ0v) is 20.7. The first-order chi connectivity index (χ1) is 17.6. The molecule has 36 heavy (non-hydrogen) atoms. The van der Waals surface area contributed by atoms with E-state index in [1.54, 1.807) is 25.3 Å². The van der Waals surface area contributed by atoms with Gasteiger partial charge in [-0.1, -0.05) is 42.5 Å². The van der Waals surface area contributed by atoms with E-state index in [2.05, 4.69) is 5.10 Å². The van der Waals surface area contributed by atoms with Crippen LogP contribution in [0.5, 0.6) is 17.2 Å². The zero-order valence-electron chi connectivity index (χ0n) is 20.7. The van der Waals surface area contributed by atoms with E-state index in [0.717, 1.165) is 16.7 Å². The Kier molecular flexibility index (Phi) is 7.70. The number of rotatable bonds is 8. The summed E-state index contributed by atoms with van der Waals surface area (Å²) < 4.78 is 22.8. The third-order valence-electron chi connectivity index (χ3n) is 5.55. The highest BCUT2D eigenvalue weighted by molar-refractivity contribution is 6.01. The van der Waals surface area contributed by atoms with Crippen LogP contribution in [-0.4, -0.2) is 31.4 Å². The number of benzene rings is 3. The van der Waals surface area contributed by atoms with Crippen LogP contribution in [0.15, 0.2) is 89.7 Å². The Balaban J connectivity index is 1.82. The van der Waals surface area contributed by atoms with Gasteiger partial charge in [-0.05, 0) is 49.7 Å². The maximum atomic E-state index is 13.0. The number of hydrazone groups is 1. The van der Waals surface area contributed by atoms with Gasteiger partial charge in [-0.25, -0.2) is 9.80 Å². The van der Waals surface area contributed by atoms with Gasteiger partial charge in [0.05, 0.1) is 19.9 Å². The van der Waals surface area contributed by atoms with Crippen LogP contribution in [0, 0.1) is 0 Å². The number of nitrogens with zero attached hydrogens (tertiary/aromatic N) is 2. The number of allylic oxidation sites excluding steroid dienone is 1. The molecule has 1 heterocycles. The molecule has 0 fully saturated rings. The molecule has 1 aliphatic rings. The minimum absolute atomic E-state index is 0.202. The Labute approximate surface area is 210 Å². The van der Waals surface area contributed by atoms with Crippen LogP contribution in [0.2, 0.25) is 0 Å². The average Bonchev–Trinajstić information content (AvgIpc) is 2.92. The summed E-state index contributed by atoms with van der Waals surface area (Å²) in [6.45, 7) is 3.94. The third-order valence-corrected chi connectivity index (χ3v) is 5.55. The summed E-state index contributed by atoms with van der Waals surface area (Å²) in [6, 6.07) is 22.8. The fourth-order valence-electron chi connectivity index (χ4n) is 3.92. The van der Waals surface area contributed by atoms with Crippen LogP contribution >= 0.6 is 0 Å². The fourth-order valence-corrected chi connectivity index (χ4v) is 3.92. The Bertz CT molecular complexity index is 1330. The summed E-state index contributed by atoms with van der Waals surface area (Å²) in [4.78, 5) is 13.0. The van der Waals surface area contributed by atoms with Crippen LogP contribution in [0.4, 0.5) is 0 Å². The van der Waals surface area contributed by atoms with E-state index in [1.807, 2.05) is 85.8 Å². The molecule has 184 valence electrons. The van der Waals surface area contributed by atoms with Crippen molar-refractivity contribution in [3.05, 3.63) is 101 Å². The number of carbonyl (C=O) groups is 1. The Morgan fingerprint density at radius 1 is 0.889 bits per heavy atom. The van der Waals surface area contributed by atoms with Crippen LogP contribution in [-0.2, 0) is 20.9 Å². The molecule has 0 unspecified atom stereocenters. The molecule has 0 aliphatic carbocycles. The second-order valence-corrected chi connectivity index (χ2v) is 7.79. The van der Waals surface area contributed by atoms with Crippen molar-refractivity contribution in [2.24, 2.45) is 5.10 Å². The van der Waals surface area contributed by atoms with E-state index in [9.17, 15) is 4.79 Å². The number of methoxy groups -OCH3 is 2. The van der Waals surface area contributed by atoms with Gasteiger partial charge in [0.1, 0.15) is 23.9 Å². The molecule has 0 bridgehead atoms. The van der Waals surface area contributed by atoms with E-state index >= 15 is 0 Å². The normalized spacial score (nSPS) is 14.1. The first kappa shape index (κ1) is 24.6. The Morgan fingerprint density at radius 3 is 2.33 bits per heavy atom. The van der Waals surface area contributed by atoms with Crippen molar-refractivity contribution in [3.63, 3.8) is 0 Å². The third kappa shape index (κ3) is 5.10. The molecule has 7 nitrogen and oxygen atoms in total. The van der Waals surface area contributed by atoms with E-state index < -0.39 is 5.97 Å². The molecule has 0 spiro atoms. The maximum absolute atomic E-state index is 13.0. The van der Waals surface area contributed by atoms with Gasteiger partial charge in [-0.15, -0.1) is 0 Å². The van der Waals surface area contributed by atoms with Gasteiger partial charge in [-0.2, -0.15) is 5.10 Å². The van der Waals surface area contributed by atoms with Gasteiger partial charge in [0.2, 0.25) is 0 Å². The van der Waals surface area contributed by atoms with Crippen molar-refractivity contribution in [3.8, 4) is 17.2 Å². The van der Waals surface area contributed by atoms with Crippen LogP contribution < -0.4 is 9.47 Å². The summed E-state index contributed by atoms with van der Waals surface area (Å²) in [5.74, 6) is 1.79. The molecule has 4 rings (SSSR count). The van der Waals surface area contributed by atoms with Gasteiger partial charge < -0.3 is 18.9 Å². The molecule has 3 aromatic carbocycles. The highest BCUT2D eigenvalue weighted by Crippen LogP contribution is 2.42. The maximum Gasteiger partial charge on any atom is 0.360 e. The van der Waals surface area contributed by atoms with Crippen LogP contribution in [0.25, 0.3) is 11.5 Å². The average molecular weight is 485 g/mol. The van der Waals surface area contributed by atoms with Crippen molar-refractivity contribution in [1.29, 1.82) is 0 Å². The first-order valence-corrected chi connectivity index (χ1v) is 11.5. The van der Waals surface area contributed by atoms with E-state index in [-0.39, 0.29) is 12.3 Å². The van der Waals surface area contributed by atoms with E-state index in [4.69, 9.17) is 18.9 Å². The molecule has 1 aliphatic heterocycles. The van der Waals surface area contributed by atoms with Crippen molar-refractivity contribution in [2.75, 3.05) is 14.2 Å². The smallest absolute Gasteiger partial charge is 0.360 e. The molecular weight excluding hydrogens is 456 g/mol. The fraction of sp³-hybridized carbons (Fsp3) is 0.172. The summed E-state index contributed by atoms with van der Waals surface area (Å²) in [5.41, 5.74) is 3.41. The van der Waals surface area contributed by atoms with Crippen molar-refractivity contribution < 1.29 is 23.7 Å². The molecule has 0 aromatic heterocycles. The van der Waals surface area contributed by atoms with E-state index in [1.165, 1.54) is 7.11 Å². The number of ether oxygens (including phenoxy) is 4. The van der Waals surface area contributed by atoms with Gasteiger partial charge in [-0.3, -0.25) is 0 Å². The van der Waals surface area contributed by atoms with Crippen molar-refractivity contribution in [1.82, 2.24) is 5.01 Å². The Hall–Kier alpha value is -4.52. The van der Waals surface area contributed by atoms with Gasteiger partial charge in [0.25, 0.3) is 0 Å². The molecule has 0 N–H and O–H groups in total. The molecule has 0 atom stereocenters. The molecular formula is C29H28N2O5. The quantitative estimate of drug-likeness (QED) is 0.279. The van der Waals surface area contributed by atoms with Crippen molar-refractivity contribution in [2.45, 2.75) is 20.5 Å². The standard InChI is InChI=1S/C29H28N2O5/c1-5-26-25-18-23(36-22-14-10-13-21(17-22)33-3)15-16-24(25)28(35-19-20-11-8-7-9-12-20)27(29(32)34-4)31(26)30-6-2/h5-18H,19H2,1-4H3/b26-5+,30-6-. The molecule has 0 saturated carbocycles. The second-order valence-electron chi connectivity index (χ2n) is 7.79. The Morgan fingerprint density at radius 2 is 1.64 bits per heavy atom. The number of fused-ring (bicyclic) bond motifs is 1. The lowest BCUT2D eigenvalue weighted by Gasteiger charge is -2.32. The molecule has 0 amide bonds.